The summed E-state index contributed by atoms with van der Waals surface area (Å²) in [6.45, 7) is 22.6. The van der Waals surface area contributed by atoms with Crippen LogP contribution < -0.4 is 4.74 Å². The van der Waals surface area contributed by atoms with Crippen molar-refractivity contribution in [2.24, 2.45) is 10.8 Å². The summed E-state index contributed by atoms with van der Waals surface area (Å²) in [6, 6.07) is 26.6. The Labute approximate surface area is 418 Å². The summed E-state index contributed by atoms with van der Waals surface area (Å²) < 4.78 is 11.3. The SMILES string of the molecule is CCC(CC)(c1ccc(CCC(O)C2(C)CCCCC2)c(C)c1)c1ccc(OC[C@H]2CCC(=O)O2)c(C)c1.CCC(CC)(c1ccc(O)c(C)c1)c1ccc(CCC(O)C2(C)CCCCC2)c(C)c1. The maximum Gasteiger partial charge on any atom is 0.306 e. The maximum absolute atomic E-state index is 11.4. The lowest BCUT2D eigenvalue weighted by Gasteiger charge is -2.38. The van der Waals surface area contributed by atoms with Crippen LogP contribution >= 0.6 is 0 Å². The van der Waals surface area contributed by atoms with E-state index in [-0.39, 0.29) is 45.9 Å². The van der Waals surface area contributed by atoms with Crippen molar-refractivity contribution in [1.29, 1.82) is 0 Å². The van der Waals surface area contributed by atoms with Gasteiger partial charge in [0.1, 0.15) is 24.2 Å². The summed E-state index contributed by atoms with van der Waals surface area (Å²) in [5.41, 5.74) is 12.7. The maximum atomic E-state index is 11.4. The Morgan fingerprint density at radius 2 is 1.00 bits per heavy atom. The van der Waals surface area contributed by atoms with E-state index in [0.29, 0.717) is 18.8 Å². The quantitative estimate of drug-likeness (QED) is 0.0811. The molecule has 0 aromatic heterocycles. The summed E-state index contributed by atoms with van der Waals surface area (Å²) in [4.78, 5) is 11.4. The molecule has 2 unspecified atom stereocenters. The number of cyclic esters (lactones) is 1. The molecule has 0 radical (unpaired) electrons. The van der Waals surface area contributed by atoms with E-state index in [0.717, 1.165) is 100 Å². The number of aromatic hydroxyl groups is 1. The van der Waals surface area contributed by atoms with Crippen LogP contribution in [0.2, 0.25) is 0 Å². The minimum atomic E-state index is -0.225. The van der Waals surface area contributed by atoms with Crippen molar-refractivity contribution in [3.8, 4) is 11.5 Å². The van der Waals surface area contributed by atoms with E-state index >= 15 is 0 Å². The van der Waals surface area contributed by atoms with Crippen LogP contribution in [-0.2, 0) is 33.2 Å². The highest BCUT2D eigenvalue weighted by Gasteiger charge is 2.37. The Morgan fingerprint density at radius 3 is 1.38 bits per heavy atom. The minimum Gasteiger partial charge on any atom is -0.508 e. The van der Waals surface area contributed by atoms with E-state index in [1.54, 1.807) is 0 Å². The van der Waals surface area contributed by atoms with Gasteiger partial charge in [-0.25, -0.2) is 0 Å². The van der Waals surface area contributed by atoms with Crippen LogP contribution in [0.15, 0.2) is 72.8 Å². The Balaban J connectivity index is 0.000000232. The average molecular weight is 943 g/mol. The zero-order valence-corrected chi connectivity index (χ0v) is 44.6. The van der Waals surface area contributed by atoms with Crippen LogP contribution in [0.1, 0.15) is 213 Å². The first-order valence-corrected chi connectivity index (χ1v) is 27.3. The highest BCUT2D eigenvalue weighted by Crippen LogP contribution is 2.45. The number of hydrogen-bond donors (Lipinski definition) is 3. The van der Waals surface area contributed by atoms with Crippen molar-refractivity contribution in [2.45, 2.75) is 227 Å². The molecule has 4 aromatic carbocycles. The van der Waals surface area contributed by atoms with Crippen LogP contribution in [0.3, 0.4) is 0 Å². The van der Waals surface area contributed by atoms with E-state index in [1.807, 2.05) is 13.0 Å². The second-order valence-electron chi connectivity index (χ2n) is 22.3. The van der Waals surface area contributed by atoms with E-state index in [4.69, 9.17) is 9.47 Å². The summed E-state index contributed by atoms with van der Waals surface area (Å²) in [5, 5.41) is 31.9. The molecule has 6 heteroatoms. The first-order valence-electron chi connectivity index (χ1n) is 27.3. The van der Waals surface area contributed by atoms with Crippen LogP contribution in [0.4, 0.5) is 0 Å². The second kappa shape index (κ2) is 23.9. The third kappa shape index (κ3) is 12.5. The van der Waals surface area contributed by atoms with Crippen molar-refractivity contribution in [3.63, 3.8) is 0 Å². The van der Waals surface area contributed by atoms with Gasteiger partial charge >= 0.3 is 5.97 Å². The van der Waals surface area contributed by atoms with Crippen LogP contribution in [0.5, 0.6) is 11.5 Å². The Kier molecular flexibility index (Phi) is 18.7. The van der Waals surface area contributed by atoms with Crippen LogP contribution in [0.25, 0.3) is 0 Å². The molecule has 2 saturated carbocycles. The minimum absolute atomic E-state index is 0.0448. The average Bonchev–Trinajstić information content (AvgIpc) is 3.77. The Bertz CT molecular complexity index is 2290. The van der Waals surface area contributed by atoms with Gasteiger partial charge in [0.15, 0.2) is 0 Å². The molecular formula is C63H90O6. The molecule has 0 bridgehead atoms. The van der Waals surface area contributed by atoms with Gasteiger partial charge in [0.05, 0.1) is 12.2 Å². The van der Waals surface area contributed by atoms with Gasteiger partial charge in [0.2, 0.25) is 0 Å². The number of rotatable bonds is 19. The third-order valence-corrected chi connectivity index (χ3v) is 18.0. The molecule has 3 aliphatic rings. The van der Waals surface area contributed by atoms with Gasteiger partial charge < -0.3 is 24.8 Å². The molecule has 4 aromatic rings. The standard InChI is InChI=1S/C34H48O4.C29H42O2/c1-6-34(7-2,28-14-16-30(25(4)22-28)37-23-29-15-18-32(36)38-29)27-13-11-26(24(3)21-27)12-17-31(35)33(5)19-9-8-10-20-33;1-6-29(7-2,25-14-15-26(30)22(4)20-25)24-13-11-23(21(3)19-24)12-16-27(31)28(5)17-9-8-10-18-28/h11,13-14,16,21-22,29,31,35H,6-10,12,15,17-20,23H2,1-5H3;11,13-15,19-20,27,30-31H,6-10,12,16-18H2,1-5H3/t29-,31?;/m1./s1. The number of esters is 1. The summed E-state index contributed by atoms with van der Waals surface area (Å²) in [5.74, 6) is 1.09. The zero-order chi connectivity index (χ0) is 50.0. The predicted molar refractivity (Wildman–Crippen MR) is 285 cm³/mol. The number of aryl methyl sites for hydroxylation is 6. The van der Waals surface area contributed by atoms with Crippen molar-refractivity contribution in [2.75, 3.05) is 6.61 Å². The lowest BCUT2D eigenvalue weighted by atomic mass is 9.69. The molecule has 3 N–H and O–H groups in total. The molecule has 378 valence electrons. The zero-order valence-electron chi connectivity index (χ0n) is 44.6. The fraction of sp³-hybridized carbons (Fsp3) is 0.603. The topological polar surface area (TPSA) is 96.2 Å². The molecule has 3 atom stereocenters. The van der Waals surface area contributed by atoms with Gasteiger partial charge in [-0.1, -0.05) is 141 Å². The Morgan fingerprint density at radius 1 is 0.594 bits per heavy atom. The van der Waals surface area contributed by atoms with Gasteiger partial charge in [0, 0.05) is 17.3 Å². The molecule has 1 heterocycles. The van der Waals surface area contributed by atoms with Crippen LogP contribution in [-0.4, -0.2) is 46.2 Å². The number of ether oxygens (including phenoxy) is 2. The fourth-order valence-corrected chi connectivity index (χ4v) is 12.6. The monoisotopic (exact) mass is 943 g/mol. The smallest absolute Gasteiger partial charge is 0.306 e. The van der Waals surface area contributed by atoms with Gasteiger partial charge in [0.25, 0.3) is 0 Å². The number of hydrogen-bond acceptors (Lipinski definition) is 6. The molecule has 6 nitrogen and oxygen atoms in total. The Hall–Kier alpha value is -4.13. The number of aliphatic hydroxyl groups excluding tert-OH is 2. The van der Waals surface area contributed by atoms with Crippen molar-refractivity contribution >= 4 is 5.97 Å². The molecule has 0 amide bonds. The number of carbonyl (C=O) groups is 1. The van der Waals surface area contributed by atoms with Gasteiger partial charge in [-0.3, -0.25) is 4.79 Å². The highest BCUT2D eigenvalue weighted by atomic mass is 16.6. The fourth-order valence-electron chi connectivity index (χ4n) is 12.6. The normalized spacial score (nSPS) is 19.0. The van der Waals surface area contributed by atoms with E-state index in [1.165, 1.54) is 83.0 Å². The van der Waals surface area contributed by atoms with Gasteiger partial charge in [-0.2, -0.15) is 0 Å². The van der Waals surface area contributed by atoms with E-state index in [2.05, 4.69) is 129 Å². The number of carbonyl (C=O) groups excluding carboxylic acids is 1. The lowest BCUT2D eigenvalue weighted by Crippen LogP contribution is -2.34. The third-order valence-electron chi connectivity index (χ3n) is 18.0. The molecule has 1 saturated heterocycles. The molecule has 69 heavy (non-hydrogen) atoms. The molecular weight excluding hydrogens is 853 g/mol. The van der Waals surface area contributed by atoms with Crippen molar-refractivity contribution in [1.82, 2.24) is 0 Å². The molecule has 7 rings (SSSR count). The number of phenols is 1. The number of aliphatic hydroxyl groups is 2. The van der Waals surface area contributed by atoms with Gasteiger partial charge in [-0.05, 0) is 190 Å². The van der Waals surface area contributed by atoms with E-state index in [9.17, 15) is 20.1 Å². The second-order valence-corrected chi connectivity index (χ2v) is 22.3. The highest BCUT2D eigenvalue weighted by molar-refractivity contribution is 5.71. The number of phenolic OH excluding ortho intramolecular Hbond substituents is 1. The van der Waals surface area contributed by atoms with Crippen LogP contribution in [0, 0.1) is 38.5 Å². The predicted octanol–water partition coefficient (Wildman–Crippen LogP) is 15.1. The summed E-state index contributed by atoms with van der Waals surface area (Å²) in [7, 11) is 0. The van der Waals surface area contributed by atoms with Crippen molar-refractivity contribution in [3.05, 3.63) is 128 Å². The van der Waals surface area contributed by atoms with Crippen molar-refractivity contribution < 1.29 is 29.6 Å². The van der Waals surface area contributed by atoms with E-state index < -0.39 is 0 Å². The van der Waals surface area contributed by atoms with Gasteiger partial charge in [-0.15, -0.1) is 0 Å². The molecule has 1 aliphatic heterocycles. The first kappa shape index (κ1) is 54.2. The first-order chi connectivity index (χ1) is 33.0. The molecule has 2 aliphatic carbocycles. The number of benzene rings is 4. The molecule has 3 fully saturated rings. The largest absolute Gasteiger partial charge is 0.508 e. The molecule has 0 spiro atoms. The summed E-state index contributed by atoms with van der Waals surface area (Å²) >= 11 is 0. The lowest BCUT2D eigenvalue weighted by molar-refractivity contribution is -0.142. The summed E-state index contributed by atoms with van der Waals surface area (Å²) in [6.07, 6.45) is 20.5.